The molecule has 1 aromatic carbocycles. The molecule has 1 fully saturated rings. The monoisotopic (exact) mass is 396 g/mol. The maximum atomic E-state index is 12.9. The van der Waals surface area contributed by atoms with Gasteiger partial charge in [-0.2, -0.15) is 0 Å². The van der Waals surface area contributed by atoms with Crippen LogP contribution < -0.4 is 14.8 Å². The van der Waals surface area contributed by atoms with Crippen LogP contribution in [0, 0.1) is 12.8 Å². The lowest BCUT2D eigenvalue weighted by atomic mass is 10.0. The van der Waals surface area contributed by atoms with E-state index in [-0.39, 0.29) is 17.6 Å². The molecule has 4 rings (SSSR count). The summed E-state index contributed by atoms with van der Waals surface area (Å²) in [5, 5.41) is 3.11. The van der Waals surface area contributed by atoms with Crippen molar-refractivity contribution in [2.75, 3.05) is 19.8 Å². The van der Waals surface area contributed by atoms with Crippen molar-refractivity contribution in [3.8, 4) is 11.5 Å². The summed E-state index contributed by atoms with van der Waals surface area (Å²) in [6.07, 6.45) is 2.13. The molecule has 0 saturated heterocycles. The Morgan fingerprint density at radius 3 is 2.62 bits per heavy atom. The molecular weight excluding hydrogens is 372 g/mol. The molecule has 2 aliphatic rings. The Kier molecular flexibility index (Phi) is 5.38. The molecule has 2 heterocycles. The van der Waals surface area contributed by atoms with E-state index < -0.39 is 5.97 Å². The number of nitrogens with zero attached hydrogens (tertiary/aromatic N) is 1. The minimum atomic E-state index is -0.434. The van der Waals surface area contributed by atoms with Crippen LogP contribution in [-0.4, -0.2) is 36.7 Å². The molecule has 0 spiro atoms. The number of ether oxygens (including phenoxy) is 3. The molecule has 1 amide bonds. The molecule has 152 valence electrons. The summed E-state index contributed by atoms with van der Waals surface area (Å²) in [7, 11) is 0. The Hall–Kier alpha value is -3.09. The van der Waals surface area contributed by atoms with Crippen molar-refractivity contribution in [1.29, 1.82) is 0 Å². The lowest BCUT2D eigenvalue weighted by Gasteiger charge is -2.23. The standard InChI is InChI=1S/C22H24N2O5/c1-3-27-22(26)16-7-8-17(23-13(16)2)21(25)24-20(14-4-5-14)15-6-9-18-19(12-15)29-11-10-28-18/h6-9,12,14,20H,3-5,10-11H2,1-2H3,(H,24,25). The SMILES string of the molecule is CCOC(=O)c1ccc(C(=O)NC(c2ccc3c(c2)OCCO3)C2CC2)nc1C. The van der Waals surface area contributed by atoms with Gasteiger partial charge in [0, 0.05) is 0 Å². The van der Waals surface area contributed by atoms with Gasteiger partial charge in [0.15, 0.2) is 11.5 Å². The number of amides is 1. The maximum Gasteiger partial charge on any atom is 0.339 e. The Labute approximate surface area is 169 Å². The van der Waals surface area contributed by atoms with Gasteiger partial charge in [-0.3, -0.25) is 4.79 Å². The van der Waals surface area contributed by atoms with Crippen LogP contribution in [0.4, 0.5) is 0 Å². The quantitative estimate of drug-likeness (QED) is 0.755. The first-order valence-electron chi connectivity index (χ1n) is 9.92. The average Bonchev–Trinajstić information content (AvgIpc) is 3.56. The second-order valence-electron chi connectivity index (χ2n) is 7.24. The number of rotatable bonds is 6. The van der Waals surface area contributed by atoms with E-state index in [0.29, 0.717) is 42.7 Å². The highest BCUT2D eigenvalue weighted by Crippen LogP contribution is 2.43. The maximum absolute atomic E-state index is 12.9. The first-order chi connectivity index (χ1) is 14.1. The number of esters is 1. The summed E-state index contributed by atoms with van der Waals surface area (Å²) in [6, 6.07) is 8.83. The molecule has 1 saturated carbocycles. The highest BCUT2D eigenvalue weighted by molar-refractivity contribution is 5.95. The molecule has 29 heavy (non-hydrogen) atoms. The summed E-state index contributed by atoms with van der Waals surface area (Å²) >= 11 is 0. The van der Waals surface area contributed by atoms with Crippen LogP contribution in [0.25, 0.3) is 0 Å². The van der Waals surface area contributed by atoms with Crippen LogP contribution in [0.1, 0.15) is 57.9 Å². The smallest absolute Gasteiger partial charge is 0.339 e. The lowest BCUT2D eigenvalue weighted by molar-refractivity contribution is 0.0524. The predicted octanol–water partition coefficient (Wildman–Crippen LogP) is 3.22. The van der Waals surface area contributed by atoms with Gasteiger partial charge in [-0.25, -0.2) is 9.78 Å². The minimum absolute atomic E-state index is 0.120. The molecule has 1 atom stereocenters. The van der Waals surface area contributed by atoms with Gasteiger partial charge in [0.1, 0.15) is 18.9 Å². The molecule has 7 heteroatoms. The Bertz CT molecular complexity index is 939. The Morgan fingerprint density at radius 2 is 1.93 bits per heavy atom. The van der Waals surface area contributed by atoms with Crippen molar-refractivity contribution < 1.29 is 23.8 Å². The van der Waals surface area contributed by atoms with Gasteiger partial charge < -0.3 is 19.5 Å². The number of pyridine rings is 1. The van der Waals surface area contributed by atoms with Crippen LogP contribution in [0.2, 0.25) is 0 Å². The summed E-state index contributed by atoms with van der Waals surface area (Å²) in [5.74, 6) is 1.13. The molecule has 1 aliphatic heterocycles. The van der Waals surface area contributed by atoms with E-state index in [0.717, 1.165) is 24.2 Å². The van der Waals surface area contributed by atoms with Crippen LogP contribution in [0.15, 0.2) is 30.3 Å². The van der Waals surface area contributed by atoms with Gasteiger partial charge in [0.2, 0.25) is 0 Å². The molecule has 0 bridgehead atoms. The zero-order chi connectivity index (χ0) is 20.4. The van der Waals surface area contributed by atoms with Gasteiger partial charge in [0.05, 0.1) is 23.9 Å². The summed E-state index contributed by atoms with van der Waals surface area (Å²) < 4.78 is 16.3. The van der Waals surface area contributed by atoms with Gasteiger partial charge in [-0.05, 0) is 62.4 Å². The number of aryl methyl sites for hydroxylation is 1. The van der Waals surface area contributed by atoms with Crippen molar-refractivity contribution in [3.05, 3.63) is 52.8 Å². The molecule has 1 N–H and O–H groups in total. The molecule has 1 unspecified atom stereocenters. The molecule has 1 aliphatic carbocycles. The van der Waals surface area contributed by atoms with Gasteiger partial charge in [-0.1, -0.05) is 6.07 Å². The third kappa shape index (κ3) is 4.18. The van der Waals surface area contributed by atoms with E-state index in [1.165, 1.54) is 0 Å². The van der Waals surface area contributed by atoms with Crippen molar-refractivity contribution >= 4 is 11.9 Å². The second-order valence-corrected chi connectivity index (χ2v) is 7.24. The zero-order valence-corrected chi connectivity index (χ0v) is 16.6. The van der Waals surface area contributed by atoms with Gasteiger partial charge in [-0.15, -0.1) is 0 Å². The van der Waals surface area contributed by atoms with E-state index >= 15 is 0 Å². The van der Waals surface area contributed by atoms with Crippen LogP contribution in [0.5, 0.6) is 11.5 Å². The first kappa shape index (κ1) is 19.2. The van der Waals surface area contributed by atoms with Crippen molar-refractivity contribution in [3.63, 3.8) is 0 Å². The normalized spacial score (nSPS) is 16.1. The fraction of sp³-hybridized carbons (Fsp3) is 0.409. The number of nitrogens with one attached hydrogen (secondary N) is 1. The minimum Gasteiger partial charge on any atom is -0.486 e. The highest BCUT2D eigenvalue weighted by atomic mass is 16.6. The number of carbonyl (C=O) groups is 2. The number of carbonyl (C=O) groups excluding carboxylic acids is 2. The fourth-order valence-corrected chi connectivity index (χ4v) is 3.48. The number of hydrogen-bond acceptors (Lipinski definition) is 6. The highest BCUT2D eigenvalue weighted by Gasteiger charge is 2.34. The fourth-order valence-electron chi connectivity index (χ4n) is 3.48. The summed E-state index contributed by atoms with van der Waals surface area (Å²) in [6.45, 7) is 4.80. The third-order valence-electron chi connectivity index (χ3n) is 5.12. The van der Waals surface area contributed by atoms with Crippen LogP contribution in [0.3, 0.4) is 0 Å². The van der Waals surface area contributed by atoms with E-state index in [2.05, 4.69) is 10.3 Å². The van der Waals surface area contributed by atoms with Gasteiger partial charge in [0.25, 0.3) is 5.91 Å². The number of benzene rings is 1. The van der Waals surface area contributed by atoms with E-state index in [1.807, 2.05) is 18.2 Å². The zero-order valence-electron chi connectivity index (χ0n) is 16.6. The second kappa shape index (κ2) is 8.11. The first-order valence-corrected chi connectivity index (χ1v) is 9.92. The molecule has 1 aromatic heterocycles. The van der Waals surface area contributed by atoms with Crippen LogP contribution in [-0.2, 0) is 4.74 Å². The summed E-state index contributed by atoms with van der Waals surface area (Å²) in [4.78, 5) is 29.1. The van der Waals surface area contributed by atoms with Gasteiger partial charge >= 0.3 is 5.97 Å². The van der Waals surface area contributed by atoms with E-state index in [9.17, 15) is 9.59 Å². The van der Waals surface area contributed by atoms with Crippen molar-refractivity contribution in [2.24, 2.45) is 5.92 Å². The number of hydrogen-bond donors (Lipinski definition) is 1. The summed E-state index contributed by atoms with van der Waals surface area (Å²) in [5.41, 5.74) is 2.11. The average molecular weight is 396 g/mol. The van der Waals surface area contributed by atoms with Crippen molar-refractivity contribution in [1.82, 2.24) is 10.3 Å². The molecular formula is C22H24N2O5. The predicted molar refractivity (Wildman–Crippen MR) is 105 cm³/mol. The largest absolute Gasteiger partial charge is 0.486 e. The topological polar surface area (TPSA) is 86.8 Å². The van der Waals surface area contributed by atoms with E-state index in [1.54, 1.807) is 26.0 Å². The molecule has 7 nitrogen and oxygen atoms in total. The molecule has 0 radical (unpaired) electrons. The Balaban J connectivity index is 1.53. The van der Waals surface area contributed by atoms with Crippen molar-refractivity contribution in [2.45, 2.75) is 32.7 Å². The lowest BCUT2D eigenvalue weighted by Crippen LogP contribution is -2.31. The third-order valence-corrected chi connectivity index (χ3v) is 5.12. The molecule has 2 aromatic rings. The number of fused-ring (bicyclic) bond motifs is 1. The van der Waals surface area contributed by atoms with E-state index in [4.69, 9.17) is 14.2 Å². The Morgan fingerprint density at radius 1 is 1.17 bits per heavy atom. The van der Waals surface area contributed by atoms with Crippen LogP contribution >= 0.6 is 0 Å². The number of aromatic nitrogens is 1.